The van der Waals surface area contributed by atoms with E-state index >= 15 is 0 Å². The Bertz CT molecular complexity index is 1140. The van der Waals surface area contributed by atoms with Gasteiger partial charge in [0.25, 0.3) is 0 Å². The molecule has 0 saturated carbocycles. The number of hydrogen-bond acceptors (Lipinski definition) is 2. The van der Waals surface area contributed by atoms with Crippen LogP contribution in [0, 0.1) is 0 Å². The third-order valence-electron chi connectivity index (χ3n) is 6.95. The average molecular weight is 473 g/mol. The second kappa shape index (κ2) is 8.99. The predicted octanol–water partition coefficient (Wildman–Crippen LogP) is 6.73. The second-order valence-corrected chi connectivity index (χ2v) is 9.41. The number of benzene rings is 2. The first-order valence-electron chi connectivity index (χ1n) is 11.5. The summed E-state index contributed by atoms with van der Waals surface area (Å²) in [5.74, 6) is 0.115. The molecule has 2 aliphatic heterocycles. The summed E-state index contributed by atoms with van der Waals surface area (Å²) in [4.78, 5) is 5.61. The van der Waals surface area contributed by atoms with Crippen LogP contribution in [0.1, 0.15) is 49.1 Å². The number of aromatic nitrogens is 1. The Labute approximate surface area is 196 Å². The van der Waals surface area contributed by atoms with E-state index in [2.05, 4.69) is 20.5 Å². The van der Waals surface area contributed by atoms with Crippen LogP contribution in [0.25, 0.3) is 10.9 Å². The number of piperidine rings is 2. The van der Waals surface area contributed by atoms with E-state index in [0.717, 1.165) is 37.9 Å². The Balaban J connectivity index is 1.48. The van der Waals surface area contributed by atoms with E-state index in [1.165, 1.54) is 18.9 Å². The summed E-state index contributed by atoms with van der Waals surface area (Å²) < 4.78 is 43.3. The van der Waals surface area contributed by atoms with Gasteiger partial charge in [-0.2, -0.15) is 13.2 Å². The maximum absolute atomic E-state index is 14.4. The van der Waals surface area contributed by atoms with Crippen LogP contribution in [0.2, 0.25) is 0 Å². The number of alkyl halides is 3. The van der Waals surface area contributed by atoms with E-state index in [0.29, 0.717) is 17.2 Å². The molecule has 8 heteroatoms. The smallest absolute Gasteiger partial charge is 0.361 e. The highest BCUT2D eigenvalue weighted by Crippen LogP contribution is 2.45. The van der Waals surface area contributed by atoms with Gasteiger partial charge < -0.3 is 20.5 Å². The molecule has 174 valence electrons. The zero-order chi connectivity index (χ0) is 23.0. The molecule has 0 bridgehead atoms. The predicted molar refractivity (Wildman–Crippen MR) is 131 cm³/mol. The maximum atomic E-state index is 14.4. The van der Waals surface area contributed by atoms with Crippen LogP contribution >= 0.6 is 12.2 Å². The molecule has 2 aliphatic rings. The molecule has 2 saturated heterocycles. The van der Waals surface area contributed by atoms with Gasteiger partial charge in [-0.3, -0.25) is 0 Å². The number of H-pyrrole nitrogens is 1. The number of fused-ring (bicyclic) bond motifs is 2. The summed E-state index contributed by atoms with van der Waals surface area (Å²) in [6, 6.07) is 12.8. The van der Waals surface area contributed by atoms with Gasteiger partial charge in [0.15, 0.2) is 5.11 Å². The molecule has 5 rings (SSSR count). The number of nitrogens with zero attached hydrogens (tertiary/aromatic N) is 1. The quantitative estimate of drug-likeness (QED) is 0.370. The van der Waals surface area contributed by atoms with Crippen LogP contribution in [0.15, 0.2) is 48.7 Å². The van der Waals surface area contributed by atoms with Crippen molar-refractivity contribution in [2.45, 2.75) is 50.2 Å². The molecule has 0 amide bonds. The van der Waals surface area contributed by atoms with Crippen LogP contribution < -0.4 is 10.6 Å². The number of para-hydroxylation sites is 1. The Kier molecular flexibility index (Phi) is 6.05. The van der Waals surface area contributed by atoms with Gasteiger partial charge in [-0.15, -0.1) is 0 Å². The summed E-state index contributed by atoms with van der Waals surface area (Å²) in [5.41, 5.74) is 1.31. The number of hydrogen-bond donors (Lipinski definition) is 3. The summed E-state index contributed by atoms with van der Waals surface area (Å²) in [7, 11) is 0. The molecule has 4 nitrogen and oxygen atoms in total. The topological polar surface area (TPSA) is 43.1 Å². The van der Waals surface area contributed by atoms with Gasteiger partial charge in [0, 0.05) is 28.8 Å². The lowest BCUT2D eigenvalue weighted by molar-refractivity contribution is -0.135. The van der Waals surface area contributed by atoms with E-state index in [-0.39, 0.29) is 22.1 Å². The molecule has 0 radical (unpaired) electrons. The SMILES string of the molecule is FC(F)(F)c1c(NC(=S)Nc2ccccc2)ccc2[nH]cc(C3CCN4CCCCC4C3)c12. The highest BCUT2D eigenvalue weighted by molar-refractivity contribution is 7.80. The zero-order valence-corrected chi connectivity index (χ0v) is 19.0. The molecule has 33 heavy (non-hydrogen) atoms. The van der Waals surface area contributed by atoms with Gasteiger partial charge in [0.1, 0.15) is 0 Å². The van der Waals surface area contributed by atoms with Crippen molar-refractivity contribution in [2.75, 3.05) is 23.7 Å². The van der Waals surface area contributed by atoms with E-state index in [1.807, 2.05) is 30.3 Å². The minimum absolute atomic E-state index is 0.0283. The number of rotatable bonds is 3. The Hall–Kier alpha value is -2.58. The van der Waals surface area contributed by atoms with Crippen LogP contribution in [0.4, 0.5) is 24.5 Å². The number of anilines is 2. The molecule has 0 aliphatic carbocycles. The van der Waals surface area contributed by atoms with Gasteiger partial charge in [-0.05, 0) is 86.7 Å². The molecule has 1 aromatic heterocycles. The maximum Gasteiger partial charge on any atom is 0.419 e. The highest BCUT2D eigenvalue weighted by atomic mass is 32.1. The van der Waals surface area contributed by atoms with Gasteiger partial charge in [-0.25, -0.2) is 0 Å². The fourth-order valence-corrected chi connectivity index (χ4v) is 5.68. The van der Waals surface area contributed by atoms with Gasteiger partial charge in [0.05, 0.1) is 11.3 Å². The lowest BCUT2D eigenvalue weighted by Crippen LogP contribution is -2.44. The van der Waals surface area contributed by atoms with Gasteiger partial charge >= 0.3 is 6.18 Å². The fraction of sp³-hybridized carbons (Fsp3) is 0.400. The average Bonchev–Trinajstić information content (AvgIpc) is 3.22. The van der Waals surface area contributed by atoms with Crippen molar-refractivity contribution in [3.8, 4) is 0 Å². The zero-order valence-electron chi connectivity index (χ0n) is 18.2. The van der Waals surface area contributed by atoms with Crippen molar-refractivity contribution in [3.05, 3.63) is 59.8 Å². The summed E-state index contributed by atoms with van der Waals surface area (Å²) in [6.07, 6.45) is 2.62. The van der Waals surface area contributed by atoms with E-state index in [9.17, 15) is 13.2 Å². The fourth-order valence-electron chi connectivity index (χ4n) is 5.45. The number of nitrogens with one attached hydrogen (secondary N) is 3. The largest absolute Gasteiger partial charge is 0.419 e. The summed E-state index contributed by atoms with van der Waals surface area (Å²) >= 11 is 5.32. The highest BCUT2D eigenvalue weighted by Gasteiger charge is 2.39. The molecule has 2 atom stereocenters. The summed E-state index contributed by atoms with van der Waals surface area (Å²) in [5, 5.41) is 6.15. The minimum Gasteiger partial charge on any atom is -0.361 e. The van der Waals surface area contributed by atoms with Crippen molar-refractivity contribution in [1.82, 2.24) is 9.88 Å². The van der Waals surface area contributed by atoms with E-state index in [1.54, 1.807) is 12.3 Å². The van der Waals surface area contributed by atoms with Gasteiger partial charge in [0.2, 0.25) is 0 Å². The Morgan fingerprint density at radius 3 is 2.61 bits per heavy atom. The first-order chi connectivity index (χ1) is 15.9. The molecular formula is C25H27F3N4S. The molecule has 3 N–H and O–H groups in total. The van der Waals surface area contributed by atoms with Crippen LogP contribution in [-0.4, -0.2) is 34.1 Å². The monoisotopic (exact) mass is 472 g/mol. The first kappa shape index (κ1) is 22.2. The summed E-state index contributed by atoms with van der Waals surface area (Å²) in [6.45, 7) is 2.06. The molecule has 3 aromatic rings. The Morgan fingerprint density at radius 1 is 1.00 bits per heavy atom. The first-order valence-corrected chi connectivity index (χ1v) is 11.9. The van der Waals surface area contributed by atoms with Gasteiger partial charge in [-0.1, -0.05) is 24.6 Å². The van der Waals surface area contributed by atoms with Crippen molar-refractivity contribution >= 4 is 39.6 Å². The van der Waals surface area contributed by atoms with Crippen LogP contribution in [0.3, 0.4) is 0 Å². The second-order valence-electron chi connectivity index (χ2n) is 9.00. The van der Waals surface area contributed by atoms with E-state index in [4.69, 9.17) is 12.2 Å². The molecule has 3 heterocycles. The van der Waals surface area contributed by atoms with Crippen molar-refractivity contribution < 1.29 is 13.2 Å². The molecule has 0 spiro atoms. The molecular weight excluding hydrogens is 445 g/mol. The van der Waals surface area contributed by atoms with Crippen molar-refractivity contribution in [1.29, 1.82) is 0 Å². The molecule has 2 aromatic carbocycles. The van der Waals surface area contributed by atoms with Crippen LogP contribution in [0.5, 0.6) is 0 Å². The molecule has 2 unspecified atom stereocenters. The lowest BCUT2D eigenvalue weighted by Gasteiger charge is -2.42. The van der Waals surface area contributed by atoms with Crippen LogP contribution in [-0.2, 0) is 6.18 Å². The third-order valence-corrected chi connectivity index (χ3v) is 7.15. The van der Waals surface area contributed by atoms with E-state index < -0.39 is 11.7 Å². The minimum atomic E-state index is -4.52. The molecule has 2 fully saturated rings. The lowest BCUT2D eigenvalue weighted by atomic mass is 9.81. The Morgan fingerprint density at radius 2 is 1.82 bits per heavy atom. The number of aromatic amines is 1. The van der Waals surface area contributed by atoms with Crippen molar-refractivity contribution in [2.24, 2.45) is 0 Å². The normalized spacial score (nSPS) is 21.5. The standard InChI is InChI=1S/C25H27F3N4S/c26-25(27,28)23-21(31-24(33)30-17-6-2-1-3-7-17)10-9-20-22(23)19(15-29-20)16-11-13-32-12-5-4-8-18(32)14-16/h1-3,6-7,9-10,15-16,18,29H,4-5,8,11-14H2,(H2,30,31,33). The third kappa shape index (κ3) is 4.59. The number of halogens is 3. The van der Waals surface area contributed by atoms with Crippen molar-refractivity contribution in [3.63, 3.8) is 0 Å². The number of thiocarbonyl (C=S) groups is 1.